The first-order chi connectivity index (χ1) is 12.8. The van der Waals surface area contributed by atoms with Gasteiger partial charge < -0.3 is 10.7 Å². The first-order valence-corrected chi connectivity index (χ1v) is 9.34. The third-order valence-corrected chi connectivity index (χ3v) is 4.96. The molecule has 3 N–H and O–H groups in total. The molecule has 0 amide bonds. The molecule has 3 aromatic rings. The van der Waals surface area contributed by atoms with Gasteiger partial charge in [-0.2, -0.15) is 13.2 Å². The molecule has 0 aliphatic carbocycles. The SMILES string of the molecule is CC(C)c1cccc2c(CCCCN)c(-c3cccc(C(F)(F)F)c3)[nH]c12. The number of alkyl halides is 3. The Morgan fingerprint density at radius 1 is 1.04 bits per heavy atom. The topological polar surface area (TPSA) is 41.8 Å². The quantitative estimate of drug-likeness (QED) is 0.491. The molecule has 0 fully saturated rings. The van der Waals surface area contributed by atoms with Crippen molar-refractivity contribution in [1.29, 1.82) is 0 Å². The third-order valence-electron chi connectivity index (χ3n) is 4.96. The fraction of sp³-hybridized carbons (Fsp3) is 0.364. The molecule has 2 aromatic carbocycles. The second-order valence-corrected chi connectivity index (χ2v) is 7.23. The number of halogens is 3. The van der Waals surface area contributed by atoms with Crippen molar-refractivity contribution in [2.45, 2.75) is 45.2 Å². The third kappa shape index (κ3) is 4.03. The van der Waals surface area contributed by atoms with Crippen molar-refractivity contribution in [2.24, 2.45) is 5.73 Å². The number of hydrogen-bond acceptors (Lipinski definition) is 1. The van der Waals surface area contributed by atoms with Gasteiger partial charge in [0.2, 0.25) is 0 Å². The maximum atomic E-state index is 13.2. The number of nitrogens with two attached hydrogens (primary N) is 1. The Balaban J connectivity index is 2.19. The van der Waals surface area contributed by atoms with Crippen LogP contribution in [0.3, 0.4) is 0 Å². The fourth-order valence-corrected chi connectivity index (χ4v) is 3.58. The number of aromatic amines is 1. The predicted octanol–water partition coefficient (Wildman–Crippen LogP) is 6.26. The van der Waals surface area contributed by atoms with Gasteiger partial charge in [-0.1, -0.05) is 44.2 Å². The average Bonchev–Trinajstić information content (AvgIpc) is 3.00. The molecule has 1 heterocycles. The van der Waals surface area contributed by atoms with Crippen LogP contribution in [0.4, 0.5) is 13.2 Å². The first kappa shape index (κ1) is 19.5. The van der Waals surface area contributed by atoms with Crippen molar-refractivity contribution in [3.05, 3.63) is 59.2 Å². The molecule has 0 spiro atoms. The van der Waals surface area contributed by atoms with Crippen LogP contribution < -0.4 is 5.73 Å². The number of rotatable bonds is 6. The molecule has 0 atom stereocenters. The smallest absolute Gasteiger partial charge is 0.354 e. The zero-order valence-electron chi connectivity index (χ0n) is 15.7. The van der Waals surface area contributed by atoms with Crippen molar-refractivity contribution in [3.63, 3.8) is 0 Å². The summed E-state index contributed by atoms with van der Waals surface area (Å²) >= 11 is 0. The molecular weight excluding hydrogens is 349 g/mol. The summed E-state index contributed by atoms with van der Waals surface area (Å²) in [6.07, 6.45) is -1.78. The molecule has 3 rings (SSSR count). The molecule has 0 saturated heterocycles. The van der Waals surface area contributed by atoms with Crippen LogP contribution in [0.2, 0.25) is 0 Å². The Bertz CT molecular complexity index is 923. The minimum Gasteiger partial charge on any atom is -0.354 e. The van der Waals surface area contributed by atoms with Crippen LogP contribution in [0.5, 0.6) is 0 Å². The van der Waals surface area contributed by atoms with E-state index in [9.17, 15) is 13.2 Å². The number of H-pyrrole nitrogens is 1. The zero-order chi connectivity index (χ0) is 19.6. The van der Waals surface area contributed by atoms with Gasteiger partial charge in [-0.05, 0) is 60.5 Å². The molecule has 0 bridgehead atoms. The van der Waals surface area contributed by atoms with E-state index in [-0.39, 0.29) is 0 Å². The Hall–Kier alpha value is -2.27. The van der Waals surface area contributed by atoms with Crippen LogP contribution >= 0.6 is 0 Å². The first-order valence-electron chi connectivity index (χ1n) is 9.34. The molecule has 5 heteroatoms. The summed E-state index contributed by atoms with van der Waals surface area (Å²) in [6, 6.07) is 11.7. The number of nitrogens with one attached hydrogen (secondary N) is 1. The van der Waals surface area contributed by atoms with Gasteiger partial charge in [-0.15, -0.1) is 0 Å². The minimum atomic E-state index is -4.36. The van der Waals surface area contributed by atoms with Gasteiger partial charge in [0.1, 0.15) is 0 Å². The molecule has 0 aliphatic heterocycles. The van der Waals surface area contributed by atoms with Gasteiger partial charge in [-0.3, -0.25) is 0 Å². The van der Waals surface area contributed by atoms with E-state index in [0.717, 1.165) is 47.5 Å². The number of unbranched alkanes of at least 4 members (excludes halogenated alkanes) is 1. The van der Waals surface area contributed by atoms with Crippen LogP contribution in [0.25, 0.3) is 22.2 Å². The number of aromatic nitrogens is 1. The molecular formula is C22H25F3N2. The number of fused-ring (bicyclic) bond motifs is 1. The number of hydrogen-bond donors (Lipinski definition) is 2. The molecule has 27 heavy (non-hydrogen) atoms. The van der Waals surface area contributed by atoms with Gasteiger partial charge in [0, 0.05) is 16.6 Å². The zero-order valence-corrected chi connectivity index (χ0v) is 15.7. The van der Waals surface area contributed by atoms with Crippen molar-refractivity contribution in [3.8, 4) is 11.3 Å². The second-order valence-electron chi connectivity index (χ2n) is 7.23. The van der Waals surface area contributed by atoms with E-state index in [2.05, 4.69) is 24.9 Å². The highest BCUT2D eigenvalue weighted by Crippen LogP contribution is 2.37. The van der Waals surface area contributed by atoms with Gasteiger partial charge in [-0.25, -0.2) is 0 Å². The normalized spacial score (nSPS) is 12.3. The van der Waals surface area contributed by atoms with Gasteiger partial charge in [0.15, 0.2) is 0 Å². The standard InChI is InChI=1S/C22H25F3N2/c1-14(2)17-10-6-11-19-18(9-3-4-12-26)20(27-21(17)19)15-7-5-8-16(13-15)22(23,24)25/h5-8,10-11,13-14,27H,3-4,9,12,26H2,1-2H3. The van der Waals surface area contributed by atoms with Crippen LogP contribution in [0, 0.1) is 0 Å². The average molecular weight is 374 g/mol. The summed E-state index contributed by atoms with van der Waals surface area (Å²) in [4.78, 5) is 3.44. The number of benzene rings is 2. The Labute approximate surface area is 157 Å². The lowest BCUT2D eigenvalue weighted by atomic mass is 9.96. The molecule has 0 saturated carbocycles. The number of aryl methyl sites for hydroxylation is 1. The summed E-state index contributed by atoms with van der Waals surface area (Å²) in [7, 11) is 0. The molecule has 2 nitrogen and oxygen atoms in total. The lowest BCUT2D eigenvalue weighted by molar-refractivity contribution is -0.137. The van der Waals surface area contributed by atoms with Crippen LogP contribution in [0.1, 0.15) is 49.3 Å². The molecule has 0 unspecified atom stereocenters. The van der Waals surface area contributed by atoms with Crippen molar-refractivity contribution in [1.82, 2.24) is 4.98 Å². The highest BCUT2D eigenvalue weighted by Gasteiger charge is 2.30. The number of para-hydroxylation sites is 1. The molecule has 144 valence electrons. The minimum absolute atomic E-state index is 0.318. The highest BCUT2D eigenvalue weighted by atomic mass is 19.4. The van der Waals surface area contributed by atoms with E-state index in [1.54, 1.807) is 6.07 Å². The molecule has 1 aromatic heterocycles. The lowest BCUT2D eigenvalue weighted by Crippen LogP contribution is -2.04. The largest absolute Gasteiger partial charge is 0.416 e. The summed E-state index contributed by atoms with van der Waals surface area (Å²) in [5, 5.41) is 1.09. The van der Waals surface area contributed by atoms with E-state index in [0.29, 0.717) is 18.0 Å². The maximum absolute atomic E-state index is 13.2. The van der Waals surface area contributed by atoms with Crippen LogP contribution in [0.15, 0.2) is 42.5 Å². The lowest BCUT2D eigenvalue weighted by Gasteiger charge is -2.10. The Morgan fingerprint density at radius 3 is 2.44 bits per heavy atom. The van der Waals surface area contributed by atoms with E-state index in [4.69, 9.17) is 5.73 Å². The predicted molar refractivity (Wildman–Crippen MR) is 105 cm³/mol. The van der Waals surface area contributed by atoms with E-state index < -0.39 is 11.7 Å². The second kappa shape index (κ2) is 7.77. The van der Waals surface area contributed by atoms with Crippen LogP contribution in [-0.4, -0.2) is 11.5 Å². The summed E-state index contributed by atoms with van der Waals surface area (Å²) in [5.41, 5.74) is 9.60. The Morgan fingerprint density at radius 2 is 1.78 bits per heavy atom. The highest BCUT2D eigenvalue weighted by molar-refractivity contribution is 5.93. The van der Waals surface area contributed by atoms with Gasteiger partial charge >= 0.3 is 6.18 Å². The van der Waals surface area contributed by atoms with Crippen LogP contribution in [-0.2, 0) is 12.6 Å². The van der Waals surface area contributed by atoms with Gasteiger partial charge in [0.25, 0.3) is 0 Å². The van der Waals surface area contributed by atoms with E-state index in [1.165, 1.54) is 17.7 Å². The summed E-state index contributed by atoms with van der Waals surface area (Å²) in [6.45, 7) is 4.85. The molecule has 0 radical (unpaired) electrons. The van der Waals surface area contributed by atoms with Gasteiger partial charge in [0.05, 0.1) is 5.56 Å². The van der Waals surface area contributed by atoms with Crippen molar-refractivity contribution < 1.29 is 13.2 Å². The van der Waals surface area contributed by atoms with E-state index in [1.807, 2.05) is 12.1 Å². The van der Waals surface area contributed by atoms with E-state index >= 15 is 0 Å². The van der Waals surface area contributed by atoms with Crippen molar-refractivity contribution in [2.75, 3.05) is 6.54 Å². The summed E-state index contributed by atoms with van der Waals surface area (Å²) in [5.74, 6) is 0.318. The summed E-state index contributed by atoms with van der Waals surface area (Å²) < 4.78 is 39.5. The molecule has 0 aliphatic rings. The van der Waals surface area contributed by atoms with Crippen molar-refractivity contribution >= 4 is 10.9 Å². The maximum Gasteiger partial charge on any atom is 0.416 e. The Kier molecular flexibility index (Phi) is 5.61. The fourth-order valence-electron chi connectivity index (χ4n) is 3.58. The monoisotopic (exact) mass is 374 g/mol.